The standard InChI is InChI=1S/C20H24N4O2/c1-20(2,3)26-19(25)24-13-16-11-17(24)12-23(16)15-7-5-14(6-8-15)18-21-9-4-10-22-18/h4-10,16-17H,11-13H2,1-3H3/t16-,17-/m0/s1. The first-order valence-corrected chi connectivity index (χ1v) is 9.04. The fraction of sp³-hybridized carbons (Fsp3) is 0.450. The minimum atomic E-state index is -0.450. The van der Waals surface area contributed by atoms with Crippen molar-refractivity contribution in [2.24, 2.45) is 0 Å². The Hall–Kier alpha value is -2.63. The summed E-state index contributed by atoms with van der Waals surface area (Å²) in [5, 5.41) is 0. The SMILES string of the molecule is CC(C)(C)OC(=O)N1C[C@@H]2C[C@H]1CN2c1ccc(-c2ncccn2)cc1. The highest BCUT2D eigenvalue weighted by Crippen LogP contribution is 2.35. The van der Waals surface area contributed by atoms with Crippen molar-refractivity contribution in [3.63, 3.8) is 0 Å². The maximum atomic E-state index is 12.4. The number of nitrogens with zero attached hydrogens (tertiary/aromatic N) is 4. The number of ether oxygens (including phenoxy) is 1. The molecule has 0 N–H and O–H groups in total. The van der Waals surface area contributed by atoms with E-state index in [1.54, 1.807) is 12.4 Å². The van der Waals surface area contributed by atoms with Gasteiger partial charge in [-0.3, -0.25) is 0 Å². The smallest absolute Gasteiger partial charge is 0.410 e. The third-order valence-electron chi connectivity index (χ3n) is 4.89. The largest absolute Gasteiger partial charge is 0.444 e. The number of rotatable bonds is 2. The first kappa shape index (κ1) is 16.8. The molecule has 0 radical (unpaired) electrons. The number of benzene rings is 1. The van der Waals surface area contributed by atoms with E-state index >= 15 is 0 Å². The zero-order valence-corrected chi connectivity index (χ0v) is 15.4. The van der Waals surface area contributed by atoms with Gasteiger partial charge in [0.05, 0.1) is 6.04 Å². The molecule has 1 aromatic carbocycles. The molecule has 2 aromatic rings. The quantitative estimate of drug-likeness (QED) is 0.830. The Bertz CT molecular complexity index is 786. The zero-order chi connectivity index (χ0) is 18.3. The van der Waals surface area contributed by atoms with Crippen molar-refractivity contribution < 1.29 is 9.53 Å². The first-order valence-electron chi connectivity index (χ1n) is 9.04. The van der Waals surface area contributed by atoms with Crippen LogP contribution in [0.25, 0.3) is 11.4 Å². The molecule has 2 saturated heterocycles. The van der Waals surface area contributed by atoms with Crippen molar-refractivity contribution in [2.45, 2.75) is 44.9 Å². The number of anilines is 1. The fourth-order valence-corrected chi connectivity index (χ4v) is 3.78. The lowest BCUT2D eigenvalue weighted by Crippen LogP contribution is -2.50. The van der Waals surface area contributed by atoms with Crippen molar-refractivity contribution >= 4 is 11.8 Å². The molecule has 2 bridgehead atoms. The van der Waals surface area contributed by atoms with Gasteiger partial charge in [0.15, 0.2) is 5.82 Å². The van der Waals surface area contributed by atoms with Gasteiger partial charge in [0, 0.05) is 42.8 Å². The molecule has 0 unspecified atom stereocenters. The highest BCUT2D eigenvalue weighted by Gasteiger charge is 2.46. The maximum absolute atomic E-state index is 12.4. The van der Waals surface area contributed by atoms with E-state index in [0.717, 1.165) is 30.9 Å². The van der Waals surface area contributed by atoms with Crippen LogP contribution in [0.1, 0.15) is 27.2 Å². The Kier molecular flexibility index (Phi) is 4.05. The van der Waals surface area contributed by atoms with E-state index in [-0.39, 0.29) is 12.1 Å². The topological polar surface area (TPSA) is 58.6 Å². The average Bonchev–Trinajstić information content (AvgIpc) is 3.22. The van der Waals surface area contributed by atoms with Crippen LogP contribution in [0.15, 0.2) is 42.7 Å². The van der Waals surface area contributed by atoms with Gasteiger partial charge in [-0.15, -0.1) is 0 Å². The molecule has 4 rings (SSSR count). The van der Waals surface area contributed by atoms with Crippen LogP contribution in [0, 0.1) is 0 Å². The number of hydrogen-bond donors (Lipinski definition) is 0. The van der Waals surface area contributed by atoms with Gasteiger partial charge in [-0.05, 0) is 57.5 Å². The minimum Gasteiger partial charge on any atom is -0.444 e. The van der Waals surface area contributed by atoms with E-state index in [1.165, 1.54) is 5.69 Å². The van der Waals surface area contributed by atoms with Crippen LogP contribution in [-0.4, -0.2) is 51.7 Å². The van der Waals surface area contributed by atoms with Crippen LogP contribution in [0.3, 0.4) is 0 Å². The van der Waals surface area contributed by atoms with Crippen molar-refractivity contribution in [3.05, 3.63) is 42.7 Å². The van der Waals surface area contributed by atoms with E-state index in [1.807, 2.05) is 31.7 Å². The van der Waals surface area contributed by atoms with Crippen molar-refractivity contribution in [1.82, 2.24) is 14.9 Å². The number of aromatic nitrogens is 2. The molecule has 2 atom stereocenters. The molecule has 6 nitrogen and oxygen atoms in total. The van der Waals surface area contributed by atoms with Crippen LogP contribution in [0.4, 0.5) is 10.5 Å². The summed E-state index contributed by atoms with van der Waals surface area (Å²) in [5.74, 6) is 0.734. The molecule has 1 amide bonds. The van der Waals surface area contributed by atoms with Crippen molar-refractivity contribution in [2.75, 3.05) is 18.0 Å². The molecule has 3 heterocycles. The summed E-state index contributed by atoms with van der Waals surface area (Å²) in [7, 11) is 0. The van der Waals surface area contributed by atoms with Crippen LogP contribution >= 0.6 is 0 Å². The van der Waals surface area contributed by atoms with Crippen molar-refractivity contribution in [1.29, 1.82) is 0 Å². The van der Waals surface area contributed by atoms with Gasteiger partial charge in [-0.25, -0.2) is 14.8 Å². The predicted octanol–water partition coefficient (Wildman–Crippen LogP) is 3.34. The van der Waals surface area contributed by atoms with E-state index in [9.17, 15) is 4.79 Å². The molecule has 136 valence electrons. The summed E-state index contributed by atoms with van der Waals surface area (Å²) in [4.78, 5) is 25.2. The normalized spacial score (nSPS) is 22.0. The molecule has 0 saturated carbocycles. The Morgan fingerprint density at radius 2 is 1.77 bits per heavy atom. The van der Waals surface area contributed by atoms with Gasteiger partial charge >= 0.3 is 6.09 Å². The zero-order valence-electron chi connectivity index (χ0n) is 15.4. The molecule has 26 heavy (non-hydrogen) atoms. The average molecular weight is 352 g/mol. The lowest BCUT2D eigenvalue weighted by molar-refractivity contribution is 0.0215. The Morgan fingerprint density at radius 3 is 2.35 bits per heavy atom. The number of likely N-dealkylation sites (tertiary alicyclic amines) is 1. The second kappa shape index (κ2) is 6.27. The third kappa shape index (κ3) is 3.23. The number of carbonyl (C=O) groups is 1. The molecular formula is C20H24N4O2. The monoisotopic (exact) mass is 352 g/mol. The van der Waals surface area contributed by atoms with Crippen LogP contribution in [-0.2, 0) is 4.74 Å². The molecular weight excluding hydrogens is 328 g/mol. The molecule has 6 heteroatoms. The van der Waals surface area contributed by atoms with E-state index < -0.39 is 5.60 Å². The molecule has 0 spiro atoms. The van der Waals surface area contributed by atoms with E-state index in [2.05, 4.69) is 39.1 Å². The summed E-state index contributed by atoms with van der Waals surface area (Å²) in [6, 6.07) is 10.7. The van der Waals surface area contributed by atoms with Gasteiger partial charge in [0.2, 0.25) is 0 Å². The summed E-state index contributed by atoms with van der Waals surface area (Å²) in [6.07, 6.45) is 4.31. The lowest BCUT2D eigenvalue weighted by Gasteiger charge is -2.36. The summed E-state index contributed by atoms with van der Waals surface area (Å²) < 4.78 is 5.53. The highest BCUT2D eigenvalue weighted by molar-refractivity contribution is 5.70. The predicted molar refractivity (Wildman–Crippen MR) is 99.9 cm³/mol. The van der Waals surface area contributed by atoms with Gasteiger partial charge in [0.1, 0.15) is 5.60 Å². The van der Waals surface area contributed by atoms with Crippen LogP contribution in [0.2, 0.25) is 0 Å². The number of fused-ring (bicyclic) bond motifs is 2. The van der Waals surface area contributed by atoms with Gasteiger partial charge in [0.25, 0.3) is 0 Å². The van der Waals surface area contributed by atoms with Gasteiger partial charge in [-0.1, -0.05) is 0 Å². The Balaban J connectivity index is 1.43. The maximum Gasteiger partial charge on any atom is 0.410 e. The Labute approximate surface area is 153 Å². The first-order chi connectivity index (χ1) is 12.4. The Morgan fingerprint density at radius 1 is 1.08 bits per heavy atom. The van der Waals surface area contributed by atoms with E-state index in [0.29, 0.717) is 6.04 Å². The second-order valence-electron chi connectivity index (χ2n) is 7.95. The highest BCUT2D eigenvalue weighted by atomic mass is 16.6. The summed E-state index contributed by atoms with van der Waals surface area (Å²) in [5.41, 5.74) is 1.74. The number of piperazine rings is 1. The third-order valence-corrected chi connectivity index (χ3v) is 4.89. The number of hydrogen-bond acceptors (Lipinski definition) is 5. The molecule has 2 fully saturated rings. The van der Waals surface area contributed by atoms with Crippen LogP contribution < -0.4 is 4.90 Å². The molecule has 1 aromatic heterocycles. The summed E-state index contributed by atoms with van der Waals surface area (Å²) >= 11 is 0. The molecule has 2 aliphatic rings. The number of carbonyl (C=O) groups excluding carboxylic acids is 1. The fourth-order valence-electron chi connectivity index (χ4n) is 3.78. The lowest BCUT2D eigenvalue weighted by atomic mass is 10.1. The van der Waals surface area contributed by atoms with E-state index in [4.69, 9.17) is 4.74 Å². The molecule has 2 aliphatic heterocycles. The van der Waals surface area contributed by atoms with Crippen molar-refractivity contribution in [3.8, 4) is 11.4 Å². The van der Waals surface area contributed by atoms with Gasteiger partial charge in [-0.2, -0.15) is 0 Å². The minimum absolute atomic E-state index is 0.193. The van der Waals surface area contributed by atoms with Crippen LogP contribution in [0.5, 0.6) is 0 Å². The van der Waals surface area contributed by atoms with Gasteiger partial charge < -0.3 is 14.5 Å². The summed E-state index contributed by atoms with van der Waals surface area (Å²) in [6.45, 7) is 7.30. The molecule has 0 aliphatic carbocycles. The number of amides is 1. The second-order valence-corrected chi connectivity index (χ2v) is 7.95.